The van der Waals surface area contributed by atoms with Crippen LogP contribution in [0.5, 0.6) is 11.5 Å². The molecule has 1 aliphatic heterocycles. The number of likely N-dealkylation sites (tertiary alicyclic amines) is 1. The van der Waals surface area contributed by atoms with Gasteiger partial charge in [0.2, 0.25) is 11.8 Å². The van der Waals surface area contributed by atoms with Gasteiger partial charge < -0.3 is 15.0 Å². The van der Waals surface area contributed by atoms with E-state index in [1.54, 1.807) is 17.0 Å². The number of hydrogen-bond donors (Lipinski definition) is 1. The fraction of sp³-hybridized carbons (Fsp3) is 0.200. The lowest BCUT2D eigenvalue weighted by Crippen LogP contribution is -2.30. The Morgan fingerprint density at radius 3 is 2.20 bits per heavy atom. The van der Waals surface area contributed by atoms with E-state index >= 15 is 0 Å². The Bertz CT molecular complexity index is 1000. The number of nitrogens with one attached hydrogen (secondary N) is 1. The van der Waals surface area contributed by atoms with Crippen molar-refractivity contribution in [1.82, 2.24) is 4.90 Å². The highest BCUT2D eigenvalue weighted by atomic mass is 16.5. The second kappa shape index (κ2) is 8.82. The Hall–Kier alpha value is -3.60. The molecule has 152 valence electrons. The molecule has 0 unspecified atom stereocenters. The van der Waals surface area contributed by atoms with Crippen LogP contribution in [-0.2, 0) is 9.59 Å². The first kappa shape index (κ1) is 19.7. The Kier molecular flexibility index (Phi) is 5.80. The molecule has 2 atom stereocenters. The van der Waals surface area contributed by atoms with Crippen LogP contribution < -0.4 is 10.1 Å². The summed E-state index contributed by atoms with van der Waals surface area (Å²) in [7, 11) is 0. The van der Waals surface area contributed by atoms with E-state index in [-0.39, 0.29) is 30.2 Å². The summed E-state index contributed by atoms with van der Waals surface area (Å²) in [5.74, 6) is 0.967. The van der Waals surface area contributed by atoms with Crippen molar-refractivity contribution in [2.45, 2.75) is 19.4 Å². The number of benzene rings is 3. The summed E-state index contributed by atoms with van der Waals surface area (Å²) in [6.45, 7) is 2.43. The Morgan fingerprint density at radius 1 is 0.933 bits per heavy atom. The van der Waals surface area contributed by atoms with Gasteiger partial charge in [-0.2, -0.15) is 0 Å². The van der Waals surface area contributed by atoms with Gasteiger partial charge in [-0.05, 0) is 48.9 Å². The van der Waals surface area contributed by atoms with Crippen molar-refractivity contribution in [3.63, 3.8) is 0 Å². The van der Waals surface area contributed by atoms with Crippen LogP contribution in [0.4, 0.5) is 5.69 Å². The molecule has 0 spiro atoms. The van der Waals surface area contributed by atoms with E-state index in [1.165, 1.54) is 0 Å². The van der Waals surface area contributed by atoms with Crippen LogP contribution in [-0.4, -0.2) is 23.3 Å². The first-order chi connectivity index (χ1) is 14.6. The van der Waals surface area contributed by atoms with Crippen molar-refractivity contribution in [3.05, 3.63) is 90.5 Å². The zero-order valence-electron chi connectivity index (χ0n) is 16.8. The standard InChI is InChI=1S/C25H24N2O3/c1-18(19-8-4-2-5-9-19)27-17-20(16-24(27)28)25(29)26-21-12-14-23(15-13-21)30-22-10-6-3-7-11-22/h2-15,18,20H,16-17H2,1H3,(H,26,29)/t18-,20-/m1/s1. The van der Waals surface area contributed by atoms with Gasteiger partial charge in [0.1, 0.15) is 11.5 Å². The zero-order valence-corrected chi connectivity index (χ0v) is 16.8. The minimum Gasteiger partial charge on any atom is -0.457 e. The molecule has 30 heavy (non-hydrogen) atoms. The molecule has 1 heterocycles. The predicted molar refractivity (Wildman–Crippen MR) is 116 cm³/mol. The van der Waals surface area contributed by atoms with Gasteiger partial charge in [-0.1, -0.05) is 48.5 Å². The van der Waals surface area contributed by atoms with Crippen molar-refractivity contribution >= 4 is 17.5 Å². The van der Waals surface area contributed by atoms with Crippen LogP contribution in [0.25, 0.3) is 0 Å². The summed E-state index contributed by atoms with van der Waals surface area (Å²) in [6, 6.07) is 26.6. The lowest BCUT2D eigenvalue weighted by molar-refractivity contribution is -0.129. The average molecular weight is 400 g/mol. The summed E-state index contributed by atoms with van der Waals surface area (Å²) < 4.78 is 5.77. The van der Waals surface area contributed by atoms with E-state index in [1.807, 2.05) is 79.7 Å². The summed E-state index contributed by atoms with van der Waals surface area (Å²) in [4.78, 5) is 27.0. The number of para-hydroxylation sites is 1. The number of carbonyl (C=O) groups excluding carboxylic acids is 2. The largest absolute Gasteiger partial charge is 0.457 e. The van der Waals surface area contributed by atoms with Crippen LogP contribution in [0, 0.1) is 5.92 Å². The maximum atomic E-state index is 12.7. The maximum Gasteiger partial charge on any atom is 0.229 e. The Labute approximate surface area is 176 Å². The highest BCUT2D eigenvalue weighted by Gasteiger charge is 2.37. The highest BCUT2D eigenvalue weighted by molar-refractivity contribution is 5.97. The molecule has 4 rings (SSSR count). The lowest BCUT2D eigenvalue weighted by atomic mass is 10.1. The van der Waals surface area contributed by atoms with Gasteiger partial charge >= 0.3 is 0 Å². The third-order valence-corrected chi connectivity index (χ3v) is 5.38. The molecule has 5 heteroatoms. The summed E-state index contributed by atoms with van der Waals surface area (Å²) in [6.07, 6.45) is 0.234. The van der Waals surface area contributed by atoms with Crippen molar-refractivity contribution in [2.24, 2.45) is 5.92 Å². The number of anilines is 1. The molecule has 0 aromatic heterocycles. The van der Waals surface area contributed by atoms with Crippen LogP contribution in [0.1, 0.15) is 24.9 Å². The van der Waals surface area contributed by atoms with Crippen LogP contribution in [0.15, 0.2) is 84.9 Å². The molecule has 3 aromatic rings. The second-order valence-electron chi connectivity index (χ2n) is 7.46. The van der Waals surface area contributed by atoms with Crippen LogP contribution in [0.3, 0.4) is 0 Å². The number of amides is 2. The third kappa shape index (κ3) is 4.51. The number of rotatable bonds is 6. The van der Waals surface area contributed by atoms with E-state index in [4.69, 9.17) is 4.74 Å². The van der Waals surface area contributed by atoms with Gasteiger partial charge in [0, 0.05) is 18.7 Å². The number of nitrogens with zero attached hydrogens (tertiary/aromatic N) is 1. The van der Waals surface area contributed by atoms with E-state index in [2.05, 4.69) is 5.32 Å². The molecule has 0 aliphatic carbocycles. The number of hydrogen-bond acceptors (Lipinski definition) is 3. The molecule has 1 aliphatic rings. The van der Waals surface area contributed by atoms with Gasteiger partial charge in [0.25, 0.3) is 0 Å². The maximum absolute atomic E-state index is 12.7. The smallest absolute Gasteiger partial charge is 0.229 e. The molecular formula is C25H24N2O3. The molecule has 0 saturated carbocycles. The van der Waals surface area contributed by atoms with Gasteiger partial charge in [0.05, 0.1) is 12.0 Å². The SMILES string of the molecule is C[C@H](c1ccccc1)N1C[C@H](C(=O)Nc2ccc(Oc3ccccc3)cc2)CC1=O. The quantitative estimate of drug-likeness (QED) is 0.632. The first-order valence-corrected chi connectivity index (χ1v) is 10.1. The molecule has 3 aromatic carbocycles. The third-order valence-electron chi connectivity index (χ3n) is 5.38. The van der Waals surface area contributed by atoms with Gasteiger partial charge in [-0.3, -0.25) is 9.59 Å². The van der Waals surface area contributed by atoms with E-state index in [0.717, 1.165) is 11.3 Å². The van der Waals surface area contributed by atoms with E-state index in [9.17, 15) is 9.59 Å². The molecule has 5 nitrogen and oxygen atoms in total. The summed E-state index contributed by atoms with van der Waals surface area (Å²) in [5.41, 5.74) is 1.75. The Balaban J connectivity index is 1.35. The van der Waals surface area contributed by atoms with Crippen LogP contribution in [0.2, 0.25) is 0 Å². The second-order valence-corrected chi connectivity index (χ2v) is 7.46. The topological polar surface area (TPSA) is 58.6 Å². The summed E-state index contributed by atoms with van der Waals surface area (Å²) >= 11 is 0. The van der Waals surface area contributed by atoms with Gasteiger partial charge in [-0.25, -0.2) is 0 Å². The van der Waals surface area contributed by atoms with Crippen LogP contribution >= 0.6 is 0 Å². The van der Waals surface area contributed by atoms with Crippen molar-refractivity contribution in [3.8, 4) is 11.5 Å². The molecule has 0 radical (unpaired) electrons. The average Bonchev–Trinajstić information content (AvgIpc) is 3.18. The fourth-order valence-electron chi connectivity index (χ4n) is 3.67. The van der Waals surface area contributed by atoms with Crippen molar-refractivity contribution in [2.75, 3.05) is 11.9 Å². The molecular weight excluding hydrogens is 376 g/mol. The zero-order chi connectivity index (χ0) is 20.9. The highest BCUT2D eigenvalue weighted by Crippen LogP contribution is 2.29. The minimum atomic E-state index is -0.357. The molecule has 0 bridgehead atoms. The van der Waals surface area contributed by atoms with E-state index < -0.39 is 0 Å². The normalized spacial score (nSPS) is 16.9. The van der Waals surface area contributed by atoms with Gasteiger partial charge in [-0.15, -0.1) is 0 Å². The van der Waals surface area contributed by atoms with E-state index in [0.29, 0.717) is 18.0 Å². The first-order valence-electron chi connectivity index (χ1n) is 10.1. The van der Waals surface area contributed by atoms with Gasteiger partial charge in [0.15, 0.2) is 0 Å². The lowest BCUT2D eigenvalue weighted by Gasteiger charge is -2.25. The van der Waals surface area contributed by atoms with Crippen molar-refractivity contribution < 1.29 is 14.3 Å². The molecule has 1 fully saturated rings. The minimum absolute atomic E-state index is 0.0121. The Morgan fingerprint density at radius 2 is 1.53 bits per heavy atom. The number of ether oxygens (including phenoxy) is 1. The van der Waals surface area contributed by atoms with Crippen molar-refractivity contribution in [1.29, 1.82) is 0 Å². The number of carbonyl (C=O) groups is 2. The fourth-order valence-corrected chi connectivity index (χ4v) is 3.67. The molecule has 1 N–H and O–H groups in total. The monoisotopic (exact) mass is 400 g/mol. The predicted octanol–water partition coefficient (Wildman–Crippen LogP) is 5.03. The molecule has 1 saturated heterocycles. The summed E-state index contributed by atoms with van der Waals surface area (Å²) in [5, 5.41) is 2.92. The molecule has 2 amide bonds.